The number of aryl methyl sites for hydroxylation is 2. The van der Waals surface area contributed by atoms with Crippen LogP contribution in [0.4, 0.5) is 5.00 Å². The minimum atomic E-state index is 0.812. The van der Waals surface area contributed by atoms with Crippen molar-refractivity contribution in [2.45, 2.75) is 26.8 Å². The van der Waals surface area contributed by atoms with Gasteiger partial charge in [0.1, 0.15) is 6.33 Å². The highest BCUT2D eigenvalue weighted by Crippen LogP contribution is 2.32. The van der Waals surface area contributed by atoms with Gasteiger partial charge in [-0.25, -0.2) is 9.67 Å². The van der Waals surface area contributed by atoms with Crippen molar-refractivity contribution in [1.29, 1.82) is 0 Å². The summed E-state index contributed by atoms with van der Waals surface area (Å²) in [4.78, 5) is 5.53. The zero-order valence-electron chi connectivity index (χ0n) is 8.90. The molecular formula is C10H14N4S. The minimum Gasteiger partial charge on any atom is -0.390 e. The van der Waals surface area contributed by atoms with Crippen LogP contribution in [-0.4, -0.2) is 14.8 Å². The molecule has 0 aliphatic carbocycles. The largest absolute Gasteiger partial charge is 0.390 e. The number of nitrogens with two attached hydrogens (primary N) is 1. The lowest BCUT2D eigenvalue weighted by atomic mass is 10.2. The number of nitrogen functional groups attached to an aromatic ring is 1. The van der Waals surface area contributed by atoms with Crippen molar-refractivity contribution >= 4 is 16.3 Å². The molecule has 0 aliphatic heterocycles. The van der Waals surface area contributed by atoms with E-state index in [2.05, 4.69) is 23.1 Å². The molecule has 80 valence electrons. The minimum absolute atomic E-state index is 0.812. The maximum absolute atomic E-state index is 5.97. The van der Waals surface area contributed by atoms with Crippen molar-refractivity contribution < 1.29 is 0 Å². The quantitative estimate of drug-likeness (QED) is 0.866. The number of nitrogens with zero attached hydrogens (tertiary/aromatic N) is 3. The normalized spacial score (nSPS) is 10.8. The van der Waals surface area contributed by atoms with Crippen LogP contribution < -0.4 is 5.73 Å². The summed E-state index contributed by atoms with van der Waals surface area (Å²) >= 11 is 1.63. The third-order valence-electron chi connectivity index (χ3n) is 2.32. The van der Waals surface area contributed by atoms with E-state index in [-0.39, 0.29) is 0 Å². The standard InChI is InChI=1S/C10H14N4S/c1-3-7-5-8(9(11)15-7)10-12-6-13-14(10)4-2/h5-6H,3-4,11H2,1-2H3. The molecule has 0 atom stereocenters. The van der Waals surface area contributed by atoms with Gasteiger partial charge in [0.15, 0.2) is 5.82 Å². The molecule has 0 aliphatic rings. The van der Waals surface area contributed by atoms with Crippen LogP contribution in [0.5, 0.6) is 0 Å². The lowest BCUT2D eigenvalue weighted by Gasteiger charge is -2.00. The van der Waals surface area contributed by atoms with Gasteiger partial charge >= 0.3 is 0 Å². The van der Waals surface area contributed by atoms with Crippen molar-refractivity contribution in [2.75, 3.05) is 5.73 Å². The van der Waals surface area contributed by atoms with E-state index in [4.69, 9.17) is 5.73 Å². The molecule has 0 radical (unpaired) electrons. The average molecular weight is 222 g/mol. The molecule has 0 saturated heterocycles. The van der Waals surface area contributed by atoms with Crippen molar-refractivity contribution in [3.63, 3.8) is 0 Å². The SMILES string of the molecule is CCc1cc(-c2ncnn2CC)c(N)s1. The molecule has 0 amide bonds. The second kappa shape index (κ2) is 4.02. The van der Waals surface area contributed by atoms with Crippen LogP contribution in [0.15, 0.2) is 12.4 Å². The zero-order chi connectivity index (χ0) is 10.8. The van der Waals surface area contributed by atoms with Gasteiger partial charge in [-0.2, -0.15) is 5.10 Å². The van der Waals surface area contributed by atoms with E-state index in [1.165, 1.54) is 4.88 Å². The molecule has 2 aromatic rings. The Labute approximate surface area is 92.8 Å². The second-order valence-corrected chi connectivity index (χ2v) is 4.41. The molecule has 2 rings (SSSR count). The molecule has 0 saturated carbocycles. The summed E-state index contributed by atoms with van der Waals surface area (Å²) in [6.45, 7) is 4.98. The summed E-state index contributed by atoms with van der Waals surface area (Å²) < 4.78 is 1.86. The first-order chi connectivity index (χ1) is 7.26. The fourth-order valence-corrected chi connectivity index (χ4v) is 2.37. The number of rotatable bonds is 3. The molecule has 2 heterocycles. The van der Waals surface area contributed by atoms with E-state index in [0.717, 1.165) is 29.4 Å². The van der Waals surface area contributed by atoms with Crippen LogP contribution in [0.2, 0.25) is 0 Å². The highest BCUT2D eigenvalue weighted by Gasteiger charge is 2.12. The second-order valence-electron chi connectivity index (χ2n) is 3.24. The zero-order valence-corrected chi connectivity index (χ0v) is 9.71. The Kier molecular flexibility index (Phi) is 2.73. The summed E-state index contributed by atoms with van der Waals surface area (Å²) in [7, 11) is 0. The first-order valence-electron chi connectivity index (χ1n) is 5.02. The maximum Gasteiger partial charge on any atom is 0.161 e. The van der Waals surface area contributed by atoms with Gasteiger partial charge in [-0.3, -0.25) is 0 Å². The van der Waals surface area contributed by atoms with Gasteiger partial charge in [0, 0.05) is 11.4 Å². The van der Waals surface area contributed by atoms with Gasteiger partial charge in [0.2, 0.25) is 0 Å². The summed E-state index contributed by atoms with van der Waals surface area (Å²) in [5, 5.41) is 4.97. The highest BCUT2D eigenvalue weighted by molar-refractivity contribution is 7.16. The fraction of sp³-hybridized carbons (Fsp3) is 0.400. The topological polar surface area (TPSA) is 56.7 Å². The summed E-state index contributed by atoms with van der Waals surface area (Å²) in [6, 6.07) is 2.11. The first kappa shape index (κ1) is 10.2. The average Bonchev–Trinajstić information content (AvgIpc) is 2.82. The van der Waals surface area contributed by atoms with Crippen LogP contribution in [0, 0.1) is 0 Å². The molecule has 5 heteroatoms. The van der Waals surface area contributed by atoms with Gasteiger partial charge in [0.05, 0.1) is 10.6 Å². The molecular weight excluding hydrogens is 208 g/mol. The van der Waals surface area contributed by atoms with E-state index >= 15 is 0 Å². The summed E-state index contributed by atoms with van der Waals surface area (Å²) in [6.07, 6.45) is 2.58. The van der Waals surface area contributed by atoms with Crippen molar-refractivity contribution in [1.82, 2.24) is 14.8 Å². The molecule has 2 aromatic heterocycles. The number of thiophene rings is 1. The monoisotopic (exact) mass is 222 g/mol. The maximum atomic E-state index is 5.97. The molecule has 0 spiro atoms. The van der Waals surface area contributed by atoms with Crippen LogP contribution in [0.3, 0.4) is 0 Å². The van der Waals surface area contributed by atoms with Crippen LogP contribution >= 0.6 is 11.3 Å². The Bertz CT molecular complexity index is 458. The lowest BCUT2D eigenvalue weighted by Crippen LogP contribution is -1.99. The van der Waals surface area contributed by atoms with Crippen molar-refractivity contribution in [3.8, 4) is 11.4 Å². The number of hydrogen-bond donors (Lipinski definition) is 1. The van der Waals surface area contributed by atoms with Gasteiger partial charge in [-0.1, -0.05) is 6.92 Å². The molecule has 0 fully saturated rings. The van der Waals surface area contributed by atoms with Crippen molar-refractivity contribution in [3.05, 3.63) is 17.3 Å². The van der Waals surface area contributed by atoms with Gasteiger partial charge in [0.25, 0.3) is 0 Å². The van der Waals surface area contributed by atoms with E-state index < -0.39 is 0 Å². The molecule has 0 bridgehead atoms. The molecule has 15 heavy (non-hydrogen) atoms. The Morgan fingerprint density at radius 2 is 2.27 bits per heavy atom. The predicted molar refractivity (Wildman–Crippen MR) is 62.8 cm³/mol. The molecule has 0 aromatic carbocycles. The van der Waals surface area contributed by atoms with E-state index in [1.54, 1.807) is 17.7 Å². The predicted octanol–water partition coefficient (Wildman–Crippen LogP) is 2.17. The number of aromatic nitrogens is 3. The fourth-order valence-electron chi connectivity index (χ4n) is 1.51. The Hall–Kier alpha value is -1.36. The Balaban J connectivity index is 2.48. The Morgan fingerprint density at radius 1 is 1.47 bits per heavy atom. The van der Waals surface area contributed by atoms with E-state index in [1.807, 2.05) is 11.6 Å². The third kappa shape index (κ3) is 1.74. The van der Waals surface area contributed by atoms with Crippen LogP contribution in [0.1, 0.15) is 18.7 Å². The third-order valence-corrected chi connectivity index (χ3v) is 3.42. The number of anilines is 1. The highest BCUT2D eigenvalue weighted by atomic mass is 32.1. The summed E-state index contributed by atoms with van der Waals surface area (Å²) in [5.41, 5.74) is 6.98. The van der Waals surface area contributed by atoms with E-state index in [0.29, 0.717) is 0 Å². The van der Waals surface area contributed by atoms with Crippen molar-refractivity contribution in [2.24, 2.45) is 0 Å². The Morgan fingerprint density at radius 3 is 2.87 bits per heavy atom. The molecule has 4 nitrogen and oxygen atoms in total. The smallest absolute Gasteiger partial charge is 0.161 e. The lowest BCUT2D eigenvalue weighted by molar-refractivity contribution is 0.666. The number of hydrogen-bond acceptors (Lipinski definition) is 4. The van der Waals surface area contributed by atoms with Crippen LogP contribution in [-0.2, 0) is 13.0 Å². The van der Waals surface area contributed by atoms with Crippen LogP contribution in [0.25, 0.3) is 11.4 Å². The van der Waals surface area contributed by atoms with Gasteiger partial charge in [-0.05, 0) is 19.4 Å². The summed E-state index contributed by atoms with van der Waals surface area (Å²) in [5.74, 6) is 0.867. The molecule has 2 N–H and O–H groups in total. The van der Waals surface area contributed by atoms with Gasteiger partial charge < -0.3 is 5.73 Å². The van der Waals surface area contributed by atoms with Gasteiger partial charge in [-0.15, -0.1) is 11.3 Å². The molecule has 0 unspecified atom stereocenters. The first-order valence-corrected chi connectivity index (χ1v) is 5.84. The van der Waals surface area contributed by atoms with E-state index in [9.17, 15) is 0 Å².